The van der Waals surface area contributed by atoms with Gasteiger partial charge in [0.1, 0.15) is 4.90 Å². The Kier molecular flexibility index (Phi) is 5.12. The summed E-state index contributed by atoms with van der Waals surface area (Å²) in [5, 5.41) is 6.48. The molecule has 0 aliphatic carbocycles. The van der Waals surface area contributed by atoms with Gasteiger partial charge in [-0.1, -0.05) is 6.92 Å². The summed E-state index contributed by atoms with van der Waals surface area (Å²) < 4.78 is 28.2. The summed E-state index contributed by atoms with van der Waals surface area (Å²) in [5.74, 6) is -0.464. The summed E-state index contributed by atoms with van der Waals surface area (Å²) in [6.45, 7) is 5.48. The summed E-state index contributed by atoms with van der Waals surface area (Å²) in [5.41, 5.74) is 6.02. The van der Waals surface area contributed by atoms with Crippen LogP contribution >= 0.6 is 0 Å². The first kappa shape index (κ1) is 16.4. The van der Waals surface area contributed by atoms with Gasteiger partial charge in [-0.25, -0.2) is 8.42 Å². The van der Waals surface area contributed by atoms with Crippen LogP contribution in [0.25, 0.3) is 0 Å². The first-order valence-corrected chi connectivity index (χ1v) is 7.78. The molecule has 9 heteroatoms. The second kappa shape index (κ2) is 6.23. The van der Waals surface area contributed by atoms with Crippen LogP contribution in [0, 0.1) is 6.92 Å². The minimum Gasteiger partial charge on any atom is -0.381 e. The summed E-state index contributed by atoms with van der Waals surface area (Å²) in [6, 6.07) is -0.884. The second-order valence-corrected chi connectivity index (χ2v) is 6.21. The van der Waals surface area contributed by atoms with Crippen molar-refractivity contribution < 1.29 is 13.2 Å². The fourth-order valence-corrected chi connectivity index (χ4v) is 3.22. The maximum absolute atomic E-state index is 12.3. The Bertz CT molecular complexity index is 593. The molecule has 0 bridgehead atoms. The summed E-state index contributed by atoms with van der Waals surface area (Å²) in [4.78, 5) is 11.6. The molecule has 0 radical (unpaired) electrons. The molecule has 0 fully saturated rings. The second-order valence-electron chi connectivity index (χ2n) is 4.56. The highest BCUT2D eigenvalue weighted by molar-refractivity contribution is 7.89. The Morgan fingerprint density at radius 2 is 2.10 bits per heavy atom. The van der Waals surface area contributed by atoms with Gasteiger partial charge in [0.05, 0.1) is 11.7 Å². The Morgan fingerprint density at radius 1 is 1.50 bits per heavy atom. The van der Waals surface area contributed by atoms with Crippen molar-refractivity contribution in [1.82, 2.24) is 19.8 Å². The van der Waals surface area contributed by atoms with Gasteiger partial charge in [0.25, 0.3) is 0 Å². The average molecular weight is 303 g/mol. The van der Waals surface area contributed by atoms with Gasteiger partial charge in [-0.2, -0.15) is 9.82 Å². The number of nitrogens with one attached hydrogen (secondary N) is 2. The molecule has 0 saturated heterocycles. The van der Waals surface area contributed by atoms with Crippen LogP contribution in [0.1, 0.15) is 26.0 Å². The van der Waals surface area contributed by atoms with Gasteiger partial charge in [-0.3, -0.25) is 9.48 Å². The van der Waals surface area contributed by atoms with E-state index in [1.165, 1.54) is 11.6 Å². The zero-order valence-corrected chi connectivity index (χ0v) is 12.9. The third-order valence-corrected chi connectivity index (χ3v) is 4.55. The largest absolute Gasteiger partial charge is 0.381 e. The molecule has 0 spiro atoms. The van der Waals surface area contributed by atoms with Gasteiger partial charge in [0, 0.05) is 13.6 Å². The van der Waals surface area contributed by atoms with Crippen LogP contribution in [0.4, 0.5) is 5.82 Å². The molecule has 1 amide bonds. The van der Waals surface area contributed by atoms with Crippen LogP contribution in [0.5, 0.6) is 0 Å². The van der Waals surface area contributed by atoms with Crippen molar-refractivity contribution in [3.05, 3.63) is 5.69 Å². The molecule has 0 saturated carbocycles. The lowest BCUT2D eigenvalue weighted by Crippen LogP contribution is -2.45. The molecule has 1 rings (SSSR count). The molecule has 0 aliphatic rings. The minimum absolute atomic E-state index is 0.0846. The van der Waals surface area contributed by atoms with E-state index in [4.69, 9.17) is 5.73 Å². The summed E-state index contributed by atoms with van der Waals surface area (Å²) in [6.07, 6.45) is 0.778. The van der Waals surface area contributed by atoms with Gasteiger partial charge in [0.15, 0.2) is 5.82 Å². The first-order valence-electron chi connectivity index (χ1n) is 6.29. The van der Waals surface area contributed by atoms with Crippen molar-refractivity contribution in [2.75, 3.05) is 12.3 Å². The Labute approximate surface area is 118 Å². The van der Waals surface area contributed by atoms with Crippen molar-refractivity contribution >= 4 is 21.7 Å². The van der Waals surface area contributed by atoms with Crippen LogP contribution in [0.3, 0.4) is 0 Å². The molecule has 1 aromatic heterocycles. The molecule has 0 aliphatic heterocycles. The number of carbonyl (C=O) groups excluding carboxylic acids is 1. The fraction of sp³-hybridized carbons (Fsp3) is 0.636. The van der Waals surface area contributed by atoms with E-state index in [1.807, 2.05) is 6.92 Å². The standard InChI is InChI=1S/C11H21N5O3S/c1-5-6-13-11(17)7(2)15-20(18,19)9-8(3)16(4)14-10(9)12/h7,15H,5-6H2,1-4H3,(H2,12,14)(H,13,17). The van der Waals surface area contributed by atoms with E-state index in [1.54, 1.807) is 14.0 Å². The Morgan fingerprint density at radius 3 is 2.55 bits per heavy atom. The third-order valence-electron chi connectivity index (χ3n) is 2.85. The van der Waals surface area contributed by atoms with E-state index >= 15 is 0 Å². The molecule has 0 aromatic carbocycles. The van der Waals surface area contributed by atoms with Gasteiger partial charge in [-0.05, 0) is 20.3 Å². The van der Waals surface area contributed by atoms with E-state index in [0.717, 1.165) is 6.42 Å². The highest BCUT2D eigenvalue weighted by Gasteiger charge is 2.28. The molecule has 8 nitrogen and oxygen atoms in total. The number of sulfonamides is 1. The van der Waals surface area contributed by atoms with Crippen molar-refractivity contribution in [2.45, 2.75) is 38.1 Å². The molecule has 1 atom stereocenters. The number of carbonyl (C=O) groups is 1. The number of nitrogens with two attached hydrogens (primary N) is 1. The predicted octanol–water partition coefficient (Wildman–Crippen LogP) is -0.496. The quantitative estimate of drug-likeness (QED) is 0.655. The lowest BCUT2D eigenvalue weighted by molar-refractivity contribution is -0.122. The number of hydrogen-bond acceptors (Lipinski definition) is 5. The zero-order valence-electron chi connectivity index (χ0n) is 12.1. The van der Waals surface area contributed by atoms with E-state index in [-0.39, 0.29) is 16.6 Å². The molecule has 1 unspecified atom stereocenters. The lowest BCUT2D eigenvalue weighted by Gasteiger charge is -2.14. The van der Waals surface area contributed by atoms with Gasteiger partial charge in [-0.15, -0.1) is 0 Å². The van der Waals surface area contributed by atoms with Crippen LogP contribution in [0.2, 0.25) is 0 Å². The van der Waals surface area contributed by atoms with Crippen molar-refractivity contribution in [3.8, 4) is 0 Å². The number of hydrogen-bond donors (Lipinski definition) is 3. The van der Waals surface area contributed by atoms with Crippen LogP contribution in [-0.4, -0.2) is 36.7 Å². The highest BCUT2D eigenvalue weighted by atomic mass is 32.2. The fourth-order valence-electron chi connectivity index (χ4n) is 1.69. The third kappa shape index (κ3) is 3.48. The highest BCUT2D eigenvalue weighted by Crippen LogP contribution is 2.21. The molecule has 114 valence electrons. The Hall–Kier alpha value is -1.61. The van der Waals surface area contributed by atoms with E-state index in [9.17, 15) is 13.2 Å². The molecule has 1 aromatic rings. The lowest BCUT2D eigenvalue weighted by atomic mass is 10.3. The number of nitrogen functional groups attached to an aromatic ring is 1. The van der Waals surface area contributed by atoms with Crippen molar-refractivity contribution in [2.24, 2.45) is 7.05 Å². The molecular formula is C11H21N5O3S. The van der Waals surface area contributed by atoms with Crippen LogP contribution < -0.4 is 15.8 Å². The summed E-state index contributed by atoms with van der Waals surface area (Å²) >= 11 is 0. The molecule has 4 N–H and O–H groups in total. The van der Waals surface area contributed by atoms with Crippen molar-refractivity contribution in [1.29, 1.82) is 0 Å². The topological polar surface area (TPSA) is 119 Å². The number of rotatable bonds is 6. The summed E-state index contributed by atoms with van der Waals surface area (Å²) in [7, 11) is -2.29. The number of amides is 1. The minimum atomic E-state index is -3.89. The van der Waals surface area contributed by atoms with E-state index in [0.29, 0.717) is 12.2 Å². The number of nitrogens with zero attached hydrogens (tertiary/aromatic N) is 2. The number of aromatic nitrogens is 2. The predicted molar refractivity (Wildman–Crippen MR) is 75.4 cm³/mol. The number of anilines is 1. The normalized spacial score (nSPS) is 13.2. The van der Waals surface area contributed by atoms with Gasteiger partial charge < -0.3 is 11.1 Å². The SMILES string of the molecule is CCCNC(=O)C(C)NS(=O)(=O)c1c(N)nn(C)c1C. The van der Waals surface area contributed by atoms with E-state index < -0.39 is 16.1 Å². The van der Waals surface area contributed by atoms with Crippen LogP contribution in [-0.2, 0) is 21.9 Å². The Balaban J connectivity index is 2.93. The average Bonchev–Trinajstić information content (AvgIpc) is 2.59. The maximum Gasteiger partial charge on any atom is 0.246 e. The first-order chi connectivity index (χ1) is 9.20. The zero-order chi connectivity index (χ0) is 15.5. The van der Waals surface area contributed by atoms with Crippen molar-refractivity contribution in [3.63, 3.8) is 0 Å². The monoisotopic (exact) mass is 303 g/mol. The number of aryl methyl sites for hydroxylation is 1. The smallest absolute Gasteiger partial charge is 0.246 e. The molecular weight excluding hydrogens is 282 g/mol. The van der Waals surface area contributed by atoms with Gasteiger partial charge >= 0.3 is 0 Å². The molecule has 1 heterocycles. The molecule has 20 heavy (non-hydrogen) atoms. The van der Waals surface area contributed by atoms with Gasteiger partial charge in [0.2, 0.25) is 15.9 Å². The van der Waals surface area contributed by atoms with E-state index in [2.05, 4.69) is 15.1 Å². The maximum atomic E-state index is 12.3. The van der Waals surface area contributed by atoms with Crippen LogP contribution in [0.15, 0.2) is 4.90 Å².